The van der Waals surface area contributed by atoms with Crippen molar-refractivity contribution in [1.82, 2.24) is 10.2 Å². The van der Waals surface area contributed by atoms with Crippen LogP contribution in [0, 0.1) is 10.1 Å². The summed E-state index contributed by atoms with van der Waals surface area (Å²) in [5.41, 5.74) is 0.972. The summed E-state index contributed by atoms with van der Waals surface area (Å²) in [6, 6.07) is 12.7. The van der Waals surface area contributed by atoms with Crippen LogP contribution in [0.5, 0.6) is 0 Å². The third kappa shape index (κ3) is 4.40. The molecule has 1 heterocycles. The molecule has 1 saturated heterocycles. The fourth-order valence-electron chi connectivity index (χ4n) is 3.20. The highest BCUT2D eigenvalue weighted by Gasteiger charge is 2.34. The van der Waals surface area contributed by atoms with Gasteiger partial charge < -0.3 is 15.5 Å². The Bertz CT molecular complexity index is 906. The van der Waals surface area contributed by atoms with E-state index in [2.05, 4.69) is 10.6 Å². The number of hydrogen-bond acceptors (Lipinski definition) is 4. The van der Waals surface area contributed by atoms with Gasteiger partial charge in [0.1, 0.15) is 5.02 Å². The number of nitrogens with zero attached hydrogens (tertiary/aromatic N) is 2. The molecule has 2 N–H and O–H groups in total. The highest BCUT2D eigenvalue weighted by molar-refractivity contribution is 6.32. The third-order valence-corrected chi connectivity index (χ3v) is 4.96. The molecule has 0 aromatic heterocycles. The molecule has 0 radical (unpaired) electrons. The highest BCUT2D eigenvalue weighted by atomic mass is 35.5. The lowest BCUT2D eigenvalue weighted by molar-refractivity contribution is -0.384. The first-order chi connectivity index (χ1) is 13.3. The fraction of sp³-hybridized carbons (Fsp3) is 0.263. The largest absolute Gasteiger partial charge is 0.334 e. The van der Waals surface area contributed by atoms with Crippen molar-refractivity contribution in [2.75, 3.05) is 11.9 Å². The molecule has 146 valence electrons. The molecule has 1 aliphatic heterocycles. The molecule has 3 amide bonds. The van der Waals surface area contributed by atoms with Gasteiger partial charge in [-0.25, -0.2) is 4.79 Å². The lowest BCUT2D eigenvalue weighted by atomic mass is 10.1. The number of carbonyl (C=O) groups is 2. The lowest BCUT2D eigenvalue weighted by Crippen LogP contribution is -2.40. The molecule has 2 aromatic carbocycles. The van der Waals surface area contributed by atoms with E-state index in [1.54, 1.807) is 4.90 Å². The molecule has 8 nitrogen and oxygen atoms in total. The van der Waals surface area contributed by atoms with Crippen LogP contribution >= 0.6 is 11.6 Å². The average Bonchev–Trinajstić information content (AvgIpc) is 3.03. The first-order valence-electron chi connectivity index (χ1n) is 8.71. The molecule has 2 atom stereocenters. The number of amides is 3. The van der Waals surface area contributed by atoms with Gasteiger partial charge in [-0.05, 0) is 24.6 Å². The summed E-state index contributed by atoms with van der Waals surface area (Å²) in [6.45, 7) is 2.34. The van der Waals surface area contributed by atoms with Gasteiger partial charge in [0.25, 0.3) is 5.69 Å². The van der Waals surface area contributed by atoms with Gasteiger partial charge in [-0.15, -0.1) is 0 Å². The molecule has 3 rings (SSSR count). The smallest absolute Gasteiger partial charge is 0.319 e. The summed E-state index contributed by atoms with van der Waals surface area (Å²) < 4.78 is 0. The van der Waals surface area contributed by atoms with Gasteiger partial charge in [0, 0.05) is 24.7 Å². The number of nitro groups is 1. The van der Waals surface area contributed by atoms with Gasteiger partial charge in [0.2, 0.25) is 5.91 Å². The Labute approximate surface area is 166 Å². The highest BCUT2D eigenvalue weighted by Crippen LogP contribution is 2.28. The maximum absolute atomic E-state index is 12.4. The van der Waals surface area contributed by atoms with Crippen LogP contribution in [0.1, 0.15) is 24.9 Å². The molecule has 2 unspecified atom stereocenters. The van der Waals surface area contributed by atoms with E-state index in [-0.39, 0.29) is 40.8 Å². The van der Waals surface area contributed by atoms with E-state index in [4.69, 9.17) is 11.6 Å². The Kier molecular flexibility index (Phi) is 5.79. The van der Waals surface area contributed by atoms with E-state index in [0.29, 0.717) is 6.54 Å². The van der Waals surface area contributed by atoms with Crippen molar-refractivity contribution in [2.24, 2.45) is 0 Å². The van der Waals surface area contributed by atoms with Crippen LogP contribution in [-0.2, 0) is 4.79 Å². The number of hydrogen-bond donors (Lipinski definition) is 2. The molecular weight excluding hydrogens is 384 g/mol. The topological polar surface area (TPSA) is 105 Å². The first-order valence-corrected chi connectivity index (χ1v) is 9.09. The lowest BCUT2D eigenvalue weighted by Gasteiger charge is -2.25. The van der Waals surface area contributed by atoms with Crippen LogP contribution in [0.2, 0.25) is 5.02 Å². The second-order valence-corrected chi connectivity index (χ2v) is 6.96. The van der Waals surface area contributed by atoms with E-state index < -0.39 is 11.0 Å². The molecule has 0 spiro atoms. The number of urea groups is 1. The summed E-state index contributed by atoms with van der Waals surface area (Å²) in [7, 11) is 0. The average molecular weight is 403 g/mol. The van der Waals surface area contributed by atoms with Crippen molar-refractivity contribution in [3.05, 3.63) is 69.2 Å². The Balaban J connectivity index is 1.60. The summed E-state index contributed by atoms with van der Waals surface area (Å²) >= 11 is 5.76. The van der Waals surface area contributed by atoms with Gasteiger partial charge in [-0.3, -0.25) is 14.9 Å². The Hall–Kier alpha value is -3.13. The number of carbonyl (C=O) groups excluding carboxylic acids is 2. The van der Waals surface area contributed by atoms with Gasteiger partial charge in [-0.1, -0.05) is 41.9 Å². The van der Waals surface area contributed by atoms with Crippen molar-refractivity contribution < 1.29 is 14.5 Å². The number of anilines is 1. The number of halogens is 1. The van der Waals surface area contributed by atoms with Crippen molar-refractivity contribution >= 4 is 34.9 Å². The Morgan fingerprint density at radius 3 is 2.68 bits per heavy atom. The molecule has 0 aliphatic carbocycles. The minimum Gasteiger partial charge on any atom is -0.334 e. The van der Waals surface area contributed by atoms with Crippen molar-refractivity contribution in [1.29, 1.82) is 0 Å². The summed E-state index contributed by atoms with van der Waals surface area (Å²) in [6.07, 6.45) is 0.200. The second-order valence-electron chi connectivity index (χ2n) is 6.56. The van der Waals surface area contributed by atoms with Crippen molar-refractivity contribution in [3.63, 3.8) is 0 Å². The fourth-order valence-corrected chi connectivity index (χ4v) is 3.38. The van der Waals surface area contributed by atoms with Crippen LogP contribution in [0.25, 0.3) is 0 Å². The zero-order chi connectivity index (χ0) is 20.3. The maximum Gasteiger partial charge on any atom is 0.319 e. The SMILES string of the molecule is CC(c1ccccc1)N1CC(NC(=O)Nc2ccc(Cl)c([N+](=O)[O-])c2)CC1=O. The monoisotopic (exact) mass is 402 g/mol. The van der Waals surface area contributed by atoms with Gasteiger partial charge in [0.05, 0.1) is 17.0 Å². The minimum atomic E-state index is -0.621. The van der Waals surface area contributed by atoms with Crippen molar-refractivity contribution in [2.45, 2.75) is 25.4 Å². The van der Waals surface area contributed by atoms with Crippen LogP contribution in [0.3, 0.4) is 0 Å². The molecular formula is C19H19ClN4O4. The predicted molar refractivity (Wildman–Crippen MR) is 105 cm³/mol. The molecule has 1 fully saturated rings. The zero-order valence-electron chi connectivity index (χ0n) is 15.1. The molecule has 9 heteroatoms. The van der Waals surface area contributed by atoms with Crippen LogP contribution < -0.4 is 10.6 Å². The Morgan fingerprint density at radius 2 is 2.00 bits per heavy atom. The number of nitro benzene ring substituents is 1. The number of likely N-dealkylation sites (tertiary alicyclic amines) is 1. The van der Waals surface area contributed by atoms with Crippen molar-refractivity contribution in [3.8, 4) is 0 Å². The Morgan fingerprint density at radius 1 is 1.29 bits per heavy atom. The van der Waals surface area contributed by atoms with E-state index in [1.165, 1.54) is 18.2 Å². The van der Waals surface area contributed by atoms with Gasteiger partial charge in [0.15, 0.2) is 0 Å². The standard InChI is InChI=1S/C19H19ClN4O4/c1-12(13-5-3-2-4-6-13)23-11-15(10-18(23)25)22-19(26)21-14-7-8-16(20)17(9-14)24(27)28/h2-9,12,15H,10-11H2,1H3,(H2,21,22,26). The van der Waals surface area contributed by atoms with E-state index in [1.807, 2.05) is 37.3 Å². The quantitative estimate of drug-likeness (QED) is 0.587. The second kappa shape index (κ2) is 8.26. The third-order valence-electron chi connectivity index (χ3n) is 4.64. The van der Waals surface area contributed by atoms with Crippen LogP contribution in [0.15, 0.2) is 48.5 Å². The number of benzene rings is 2. The van der Waals surface area contributed by atoms with E-state index in [0.717, 1.165) is 5.56 Å². The predicted octanol–water partition coefficient (Wildman–Crippen LogP) is 3.73. The summed E-state index contributed by atoms with van der Waals surface area (Å²) in [5.74, 6) is -0.0382. The molecule has 0 saturated carbocycles. The maximum atomic E-state index is 12.4. The molecule has 1 aliphatic rings. The van der Waals surface area contributed by atoms with Crippen LogP contribution in [0.4, 0.5) is 16.2 Å². The van der Waals surface area contributed by atoms with E-state index in [9.17, 15) is 19.7 Å². The first kappa shape index (κ1) is 19.6. The minimum absolute atomic E-state index is 0.0112. The summed E-state index contributed by atoms with van der Waals surface area (Å²) in [5, 5.41) is 16.2. The van der Waals surface area contributed by atoms with Crippen LogP contribution in [-0.4, -0.2) is 34.3 Å². The number of nitrogens with one attached hydrogen (secondary N) is 2. The molecule has 2 aromatic rings. The van der Waals surface area contributed by atoms with Gasteiger partial charge in [-0.2, -0.15) is 0 Å². The molecule has 28 heavy (non-hydrogen) atoms. The van der Waals surface area contributed by atoms with E-state index >= 15 is 0 Å². The zero-order valence-corrected chi connectivity index (χ0v) is 15.8. The molecule has 0 bridgehead atoms. The normalized spacial score (nSPS) is 17.3. The summed E-state index contributed by atoms with van der Waals surface area (Å²) in [4.78, 5) is 36.6. The van der Waals surface area contributed by atoms with Gasteiger partial charge >= 0.3 is 6.03 Å². The number of rotatable bonds is 5.